The summed E-state index contributed by atoms with van der Waals surface area (Å²) in [5.74, 6) is 2.98. The second kappa shape index (κ2) is 7.01. The van der Waals surface area contributed by atoms with E-state index in [9.17, 15) is 5.11 Å². The fourth-order valence-corrected chi connectivity index (χ4v) is 6.55. The van der Waals surface area contributed by atoms with Crippen molar-refractivity contribution >= 4 is 0 Å². The van der Waals surface area contributed by atoms with Gasteiger partial charge in [0.2, 0.25) is 0 Å². The molecular weight excluding hydrogens is 286 g/mol. The number of hydrogen-bond donors (Lipinski definition) is 1. The van der Waals surface area contributed by atoms with Crippen molar-refractivity contribution in [2.75, 3.05) is 32.8 Å². The summed E-state index contributed by atoms with van der Waals surface area (Å²) >= 11 is 0. The Morgan fingerprint density at radius 3 is 2.04 bits per heavy atom. The van der Waals surface area contributed by atoms with Crippen LogP contribution in [-0.2, 0) is 4.74 Å². The Balaban J connectivity index is 1.21. The largest absolute Gasteiger partial charge is 0.389 e. The van der Waals surface area contributed by atoms with Gasteiger partial charge in [-0.2, -0.15) is 0 Å². The second-order valence-corrected chi connectivity index (χ2v) is 9.30. The van der Waals surface area contributed by atoms with Crippen LogP contribution in [0.3, 0.4) is 0 Å². The summed E-state index contributed by atoms with van der Waals surface area (Å²) in [4.78, 5) is 2.44. The molecule has 4 bridgehead atoms. The van der Waals surface area contributed by atoms with E-state index >= 15 is 0 Å². The third-order valence-electron chi connectivity index (χ3n) is 7.05. The molecule has 0 aromatic rings. The Morgan fingerprint density at radius 1 is 0.913 bits per heavy atom. The normalized spacial score (nSPS) is 41.9. The molecular formula is C20H35NO2. The maximum atomic E-state index is 10.3. The standard InChI is InChI=1S/C20H35NO2/c22-19(13-21-5-3-1-2-4-6-21)14-23-15-20-10-16-7-17(11-20)9-18(8-16)12-20/h16-19,22H,1-15H2. The van der Waals surface area contributed by atoms with Crippen LogP contribution in [0.4, 0.5) is 0 Å². The first-order chi connectivity index (χ1) is 11.2. The van der Waals surface area contributed by atoms with Gasteiger partial charge in [0.05, 0.1) is 19.3 Å². The molecule has 0 amide bonds. The van der Waals surface area contributed by atoms with Crippen LogP contribution in [0.25, 0.3) is 0 Å². The van der Waals surface area contributed by atoms with E-state index in [0.717, 1.165) is 44.0 Å². The minimum absolute atomic E-state index is 0.304. The number of nitrogens with zero attached hydrogens (tertiary/aromatic N) is 1. The fraction of sp³-hybridized carbons (Fsp3) is 1.00. The number of rotatable bonds is 6. The molecule has 1 atom stereocenters. The molecule has 3 nitrogen and oxygen atoms in total. The van der Waals surface area contributed by atoms with E-state index in [1.54, 1.807) is 0 Å². The summed E-state index contributed by atoms with van der Waals surface area (Å²) < 4.78 is 6.08. The van der Waals surface area contributed by atoms with Gasteiger partial charge in [0, 0.05) is 6.54 Å². The van der Waals surface area contributed by atoms with Gasteiger partial charge in [0.25, 0.3) is 0 Å². The Labute approximate surface area is 141 Å². The molecule has 5 aliphatic rings. The van der Waals surface area contributed by atoms with E-state index in [1.165, 1.54) is 64.2 Å². The molecule has 1 N–H and O–H groups in total. The van der Waals surface area contributed by atoms with E-state index in [1.807, 2.05) is 0 Å². The third kappa shape index (κ3) is 3.93. The lowest BCUT2D eigenvalue weighted by atomic mass is 9.50. The molecule has 0 spiro atoms. The summed E-state index contributed by atoms with van der Waals surface area (Å²) in [6.07, 6.45) is 13.7. The Bertz CT molecular complexity index is 354. The molecule has 0 aromatic heterocycles. The van der Waals surface area contributed by atoms with Crippen molar-refractivity contribution < 1.29 is 9.84 Å². The van der Waals surface area contributed by atoms with E-state index in [4.69, 9.17) is 4.74 Å². The highest BCUT2D eigenvalue weighted by Crippen LogP contribution is 2.60. The molecule has 1 unspecified atom stereocenters. The smallest absolute Gasteiger partial charge is 0.0900 e. The summed E-state index contributed by atoms with van der Waals surface area (Å²) in [6.45, 7) is 4.57. The molecule has 0 radical (unpaired) electrons. The van der Waals surface area contributed by atoms with Gasteiger partial charge in [0.15, 0.2) is 0 Å². The number of ether oxygens (including phenoxy) is 1. The van der Waals surface area contributed by atoms with Crippen LogP contribution in [-0.4, -0.2) is 49.0 Å². The first-order valence-corrected chi connectivity index (χ1v) is 10.2. The van der Waals surface area contributed by atoms with Crippen molar-refractivity contribution in [2.24, 2.45) is 23.2 Å². The van der Waals surface area contributed by atoms with E-state index in [2.05, 4.69) is 4.90 Å². The van der Waals surface area contributed by atoms with Crippen LogP contribution in [0.1, 0.15) is 64.2 Å². The zero-order valence-corrected chi connectivity index (χ0v) is 14.7. The third-order valence-corrected chi connectivity index (χ3v) is 7.05. The number of β-amino-alcohol motifs (C(OH)–C–C–N with tert-alkyl or cyclic N) is 1. The summed E-state index contributed by atoms with van der Waals surface area (Å²) in [6, 6.07) is 0. The van der Waals surface area contributed by atoms with Gasteiger partial charge in [-0.05, 0) is 87.6 Å². The predicted octanol–water partition coefficient (Wildman–Crippen LogP) is 3.46. The molecule has 5 rings (SSSR count). The number of hydrogen-bond acceptors (Lipinski definition) is 3. The van der Waals surface area contributed by atoms with Gasteiger partial charge in [-0.15, -0.1) is 0 Å². The monoisotopic (exact) mass is 321 g/mol. The molecule has 132 valence electrons. The fourth-order valence-electron chi connectivity index (χ4n) is 6.55. The van der Waals surface area contributed by atoms with Crippen molar-refractivity contribution in [3.05, 3.63) is 0 Å². The molecule has 5 fully saturated rings. The van der Waals surface area contributed by atoms with Gasteiger partial charge in [-0.3, -0.25) is 0 Å². The summed E-state index contributed by atoms with van der Waals surface area (Å²) in [5, 5.41) is 10.3. The first-order valence-electron chi connectivity index (χ1n) is 10.2. The molecule has 3 heteroatoms. The molecule has 1 aliphatic heterocycles. The van der Waals surface area contributed by atoms with Crippen LogP contribution < -0.4 is 0 Å². The van der Waals surface area contributed by atoms with Crippen molar-refractivity contribution in [3.8, 4) is 0 Å². The van der Waals surface area contributed by atoms with Gasteiger partial charge < -0.3 is 14.7 Å². The molecule has 23 heavy (non-hydrogen) atoms. The van der Waals surface area contributed by atoms with Crippen LogP contribution in [0.5, 0.6) is 0 Å². The topological polar surface area (TPSA) is 32.7 Å². The van der Waals surface area contributed by atoms with Gasteiger partial charge in [-0.25, -0.2) is 0 Å². The first kappa shape index (κ1) is 16.4. The Hall–Kier alpha value is -0.120. The summed E-state index contributed by atoms with van der Waals surface area (Å²) in [7, 11) is 0. The molecule has 1 heterocycles. The second-order valence-electron chi connectivity index (χ2n) is 9.30. The van der Waals surface area contributed by atoms with Crippen LogP contribution in [0.2, 0.25) is 0 Å². The SMILES string of the molecule is OC(COCC12CC3CC(CC(C3)C1)C2)CN1CCCCCC1. The molecule has 4 aliphatic carbocycles. The minimum Gasteiger partial charge on any atom is -0.389 e. The highest BCUT2D eigenvalue weighted by molar-refractivity contribution is 5.01. The Morgan fingerprint density at radius 2 is 1.48 bits per heavy atom. The van der Waals surface area contributed by atoms with Gasteiger partial charge in [0.1, 0.15) is 0 Å². The highest BCUT2D eigenvalue weighted by atomic mass is 16.5. The van der Waals surface area contributed by atoms with E-state index in [0.29, 0.717) is 12.0 Å². The van der Waals surface area contributed by atoms with Crippen LogP contribution >= 0.6 is 0 Å². The van der Waals surface area contributed by atoms with Crippen molar-refractivity contribution in [3.63, 3.8) is 0 Å². The van der Waals surface area contributed by atoms with Crippen LogP contribution in [0.15, 0.2) is 0 Å². The number of aliphatic hydroxyl groups excluding tert-OH is 1. The average molecular weight is 322 g/mol. The van der Waals surface area contributed by atoms with Gasteiger partial charge >= 0.3 is 0 Å². The van der Waals surface area contributed by atoms with E-state index < -0.39 is 0 Å². The maximum Gasteiger partial charge on any atom is 0.0900 e. The van der Waals surface area contributed by atoms with Crippen molar-refractivity contribution in [2.45, 2.75) is 70.3 Å². The highest BCUT2D eigenvalue weighted by Gasteiger charge is 2.50. The molecule has 4 saturated carbocycles. The zero-order chi connectivity index (χ0) is 15.7. The minimum atomic E-state index is -0.304. The van der Waals surface area contributed by atoms with Crippen LogP contribution in [0, 0.1) is 23.2 Å². The quantitative estimate of drug-likeness (QED) is 0.813. The maximum absolute atomic E-state index is 10.3. The predicted molar refractivity (Wildman–Crippen MR) is 92.3 cm³/mol. The molecule has 0 aromatic carbocycles. The lowest BCUT2D eigenvalue weighted by Crippen LogP contribution is -2.48. The lowest BCUT2D eigenvalue weighted by molar-refractivity contribution is -0.107. The summed E-state index contributed by atoms with van der Waals surface area (Å²) in [5.41, 5.74) is 0.483. The average Bonchev–Trinajstić information content (AvgIpc) is 2.74. The number of likely N-dealkylation sites (tertiary alicyclic amines) is 1. The zero-order valence-electron chi connectivity index (χ0n) is 14.7. The van der Waals surface area contributed by atoms with Crippen molar-refractivity contribution in [1.29, 1.82) is 0 Å². The van der Waals surface area contributed by atoms with E-state index in [-0.39, 0.29) is 6.10 Å². The lowest BCUT2D eigenvalue weighted by Gasteiger charge is -2.56. The van der Waals surface area contributed by atoms with Crippen molar-refractivity contribution in [1.82, 2.24) is 4.90 Å². The number of aliphatic hydroxyl groups is 1. The van der Waals surface area contributed by atoms with Gasteiger partial charge in [-0.1, -0.05) is 12.8 Å². The Kier molecular flexibility index (Phi) is 4.99. The molecule has 1 saturated heterocycles.